The zero-order valence-electron chi connectivity index (χ0n) is 13.4. The minimum atomic E-state index is 0.614. The summed E-state index contributed by atoms with van der Waals surface area (Å²) in [6, 6.07) is 9.75. The number of methoxy groups -OCH3 is 1. The van der Waals surface area contributed by atoms with Crippen molar-refractivity contribution in [1.29, 1.82) is 0 Å². The van der Waals surface area contributed by atoms with E-state index in [2.05, 4.69) is 22.2 Å². The molecule has 1 aromatic heterocycles. The summed E-state index contributed by atoms with van der Waals surface area (Å²) in [6.07, 6.45) is 2.12. The lowest BCUT2D eigenvalue weighted by atomic mass is 10.2. The number of unbranched alkanes of at least 4 members (excludes halogenated alkanes) is 1. The van der Waals surface area contributed by atoms with Crippen molar-refractivity contribution >= 4 is 5.82 Å². The highest BCUT2D eigenvalue weighted by Gasteiger charge is 2.05. The Morgan fingerprint density at radius 3 is 2.77 bits per heavy atom. The Bertz CT molecular complexity index is 602. The predicted molar refractivity (Wildman–Crippen MR) is 87.5 cm³/mol. The summed E-state index contributed by atoms with van der Waals surface area (Å²) in [5.41, 5.74) is 1.08. The van der Waals surface area contributed by atoms with Gasteiger partial charge in [-0.05, 0) is 19.4 Å². The maximum Gasteiger partial charge on any atom is 0.218 e. The molecule has 0 fully saturated rings. The molecule has 0 unspecified atom stereocenters. The van der Waals surface area contributed by atoms with E-state index in [1.54, 1.807) is 7.11 Å². The van der Waals surface area contributed by atoms with E-state index in [4.69, 9.17) is 9.47 Å². The van der Waals surface area contributed by atoms with Gasteiger partial charge >= 0.3 is 0 Å². The molecular weight excluding hydrogens is 278 g/mol. The van der Waals surface area contributed by atoms with E-state index < -0.39 is 0 Å². The molecule has 0 atom stereocenters. The van der Waals surface area contributed by atoms with Gasteiger partial charge in [0.15, 0.2) is 0 Å². The van der Waals surface area contributed by atoms with Crippen molar-refractivity contribution in [2.75, 3.05) is 19.0 Å². The number of anilines is 1. The number of rotatable bonds is 8. The number of ether oxygens (including phenoxy) is 2. The van der Waals surface area contributed by atoms with Crippen molar-refractivity contribution in [2.24, 2.45) is 0 Å². The molecule has 0 aliphatic heterocycles. The van der Waals surface area contributed by atoms with E-state index in [9.17, 15) is 0 Å². The van der Waals surface area contributed by atoms with Crippen LogP contribution < -0.4 is 14.8 Å². The van der Waals surface area contributed by atoms with Crippen LogP contribution in [0, 0.1) is 6.92 Å². The highest BCUT2D eigenvalue weighted by atomic mass is 16.5. The van der Waals surface area contributed by atoms with E-state index in [1.165, 1.54) is 0 Å². The van der Waals surface area contributed by atoms with E-state index in [1.807, 2.05) is 37.3 Å². The van der Waals surface area contributed by atoms with Gasteiger partial charge in [-0.25, -0.2) is 4.98 Å². The predicted octanol–water partition coefficient (Wildman–Crippen LogP) is 3.58. The van der Waals surface area contributed by atoms with Gasteiger partial charge < -0.3 is 14.8 Å². The number of aromatic nitrogens is 2. The molecule has 0 aliphatic carbocycles. The summed E-state index contributed by atoms with van der Waals surface area (Å²) in [5.74, 6) is 2.92. The van der Waals surface area contributed by atoms with E-state index in [0.717, 1.165) is 30.0 Å². The van der Waals surface area contributed by atoms with Crippen molar-refractivity contribution in [3.63, 3.8) is 0 Å². The molecule has 1 heterocycles. The number of nitrogens with zero attached hydrogens (tertiary/aromatic N) is 2. The molecule has 1 N–H and O–H groups in total. The number of aryl methyl sites for hydroxylation is 1. The second-order valence-corrected chi connectivity index (χ2v) is 5.01. The fourth-order valence-corrected chi connectivity index (χ4v) is 2.06. The molecule has 5 nitrogen and oxygen atoms in total. The van der Waals surface area contributed by atoms with Crippen molar-refractivity contribution in [1.82, 2.24) is 9.97 Å². The molecule has 0 saturated heterocycles. The van der Waals surface area contributed by atoms with Gasteiger partial charge in [-0.3, -0.25) is 0 Å². The van der Waals surface area contributed by atoms with Crippen LogP contribution in [-0.4, -0.2) is 23.7 Å². The summed E-state index contributed by atoms with van der Waals surface area (Å²) in [5, 5.41) is 3.30. The second-order valence-electron chi connectivity index (χ2n) is 5.01. The summed E-state index contributed by atoms with van der Waals surface area (Å²) < 4.78 is 11.0. The largest absolute Gasteiger partial charge is 0.496 e. The first-order valence-corrected chi connectivity index (χ1v) is 7.57. The molecule has 0 saturated carbocycles. The fraction of sp³-hybridized carbons (Fsp3) is 0.412. The Kier molecular flexibility index (Phi) is 6.01. The molecule has 0 radical (unpaired) electrons. The quantitative estimate of drug-likeness (QED) is 0.755. The lowest BCUT2D eigenvalue weighted by Crippen LogP contribution is -2.06. The van der Waals surface area contributed by atoms with Gasteiger partial charge in [-0.1, -0.05) is 31.5 Å². The summed E-state index contributed by atoms with van der Waals surface area (Å²) in [6.45, 7) is 5.31. The minimum Gasteiger partial charge on any atom is -0.496 e. The Labute approximate surface area is 131 Å². The molecule has 1 aromatic carbocycles. The molecule has 22 heavy (non-hydrogen) atoms. The van der Waals surface area contributed by atoms with Gasteiger partial charge in [-0.15, -0.1) is 0 Å². The molecule has 5 heteroatoms. The third-order valence-corrected chi connectivity index (χ3v) is 3.21. The molecule has 2 rings (SSSR count). The van der Waals surface area contributed by atoms with Crippen LogP contribution in [0.5, 0.6) is 11.6 Å². The zero-order chi connectivity index (χ0) is 15.8. The second kappa shape index (κ2) is 8.22. The van der Waals surface area contributed by atoms with Crippen molar-refractivity contribution in [3.05, 3.63) is 41.7 Å². The number of hydrogen-bond acceptors (Lipinski definition) is 5. The first kappa shape index (κ1) is 16.1. The SMILES string of the molecule is CCCCOc1cc(NCc2ccccc2OC)nc(C)n1. The molecule has 0 bridgehead atoms. The molecule has 0 amide bonds. The van der Waals surface area contributed by atoms with Gasteiger partial charge in [0.1, 0.15) is 17.4 Å². The third kappa shape index (κ3) is 4.62. The van der Waals surface area contributed by atoms with Gasteiger partial charge in [-0.2, -0.15) is 4.98 Å². The van der Waals surface area contributed by atoms with Crippen LogP contribution in [0.3, 0.4) is 0 Å². The van der Waals surface area contributed by atoms with Crippen LogP contribution in [0.4, 0.5) is 5.82 Å². The monoisotopic (exact) mass is 301 g/mol. The first-order valence-electron chi connectivity index (χ1n) is 7.57. The molecule has 0 aliphatic rings. The Morgan fingerprint density at radius 1 is 1.18 bits per heavy atom. The topological polar surface area (TPSA) is 56.3 Å². The van der Waals surface area contributed by atoms with Crippen LogP contribution in [0.15, 0.2) is 30.3 Å². The van der Waals surface area contributed by atoms with Gasteiger partial charge in [0.2, 0.25) is 5.88 Å². The Morgan fingerprint density at radius 2 is 2.00 bits per heavy atom. The van der Waals surface area contributed by atoms with Crippen LogP contribution in [0.25, 0.3) is 0 Å². The molecule has 118 valence electrons. The summed E-state index contributed by atoms with van der Waals surface area (Å²) in [7, 11) is 1.67. The van der Waals surface area contributed by atoms with Gasteiger partial charge in [0, 0.05) is 18.2 Å². The maximum absolute atomic E-state index is 5.65. The van der Waals surface area contributed by atoms with Crippen molar-refractivity contribution in [2.45, 2.75) is 33.2 Å². The lowest BCUT2D eigenvalue weighted by Gasteiger charge is -2.11. The minimum absolute atomic E-state index is 0.614. The normalized spacial score (nSPS) is 10.3. The van der Waals surface area contributed by atoms with Crippen LogP contribution >= 0.6 is 0 Å². The highest BCUT2D eigenvalue weighted by Crippen LogP contribution is 2.20. The molecule has 2 aromatic rings. The maximum atomic E-state index is 5.65. The van der Waals surface area contributed by atoms with E-state index >= 15 is 0 Å². The molecular formula is C17H23N3O2. The van der Waals surface area contributed by atoms with E-state index in [0.29, 0.717) is 24.9 Å². The standard InChI is InChI=1S/C17H23N3O2/c1-4-5-10-22-17-11-16(19-13(2)20-17)18-12-14-8-6-7-9-15(14)21-3/h6-9,11H,4-5,10,12H2,1-3H3,(H,18,19,20). The summed E-state index contributed by atoms with van der Waals surface area (Å²) >= 11 is 0. The fourth-order valence-electron chi connectivity index (χ4n) is 2.06. The van der Waals surface area contributed by atoms with E-state index in [-0.39, 0.29) is 0 Å². The zero-order valence-corrected chi connectivity index (χ0v) is 13.4. The number of hydrogen-bond donors (Lipinski definition) is 1. The van der Waals surface area contributed by atoms with Crippen LogP contribution in [0.2, 0.25) is 0 Å². The number of para-hydroxylation sites is 1. The first-order chi connectivity index (χ1) is 10.7. The number of benzene rings is 1. The Hall–Kier alpha value is -2.30. The van der Waals surface area contributed by atoms with Crippen molar-refractivity contribution < 1.29 is 9.47 Å². The summed E-state index contributed by atoms with van der Waals surface area (Å²) in [4.78, 5) is 8.69. The van der Waals surface area contributed by atoms with Crippen LogP contribution in [0.1, 0.15) is 31.2 Å². The average molecular weight is 301 g/mol. The third-order valence-electron chi connectivity index (χ3n) is 3.21. The number of nitrogens with one attached hydrogen (secondary N) is 1. The van der Waals surface area contributed by atoms with Gasteiger partial charge in [0.25, 0.3) is 0 Å². The average Bonchev–Trinajstić information content (AvgIpc) is 2.53. The molecule has 0 spiro atoms. The smallest absolute Gasteiger partial charge is 0.218 e. The lowest BCUT2D eigenvalue weighted by molar-refractivity contribution is 0.296. The van der Waals surface area contributed by atoms with Crippen LogP contribution in [-0.2, 0) is 6.54 Å². The highest BCUT2D eigenvalue weighted by molar-refractivity contribution is 5.42. The Balaban J connectivity index is 2.03. The van der Waals surface area contributed by atoms with Gasteiger partial charge in [0.05, 0.1) is 13.7 Å². The van der Waals surface area contributed by atoms with Crippen molar-refractivity contribution in [3.8, 4) is 11.6 Å².